The molecular formula is C18H16ClN3O2. The molecule has 0 aliphatic carbocycles. The molecule has 0 aliphatic heterocycles. The third-order valence-corrected chi connectivity index (χ3v) is 4.07. The second-order valence-corrected chi connectivity index (χ2v) is 5.98. The Balaban J connectivity index is 1.75. The van der Waals surface area contributed by atoms with Gasteiger partial charge in [0.15, 0.2) is 0 Å². The van der Waals surface area contributed by atoms with Crippen LogP contribution in [0.15, 0.2) is 53.6 Å². The van der Waals surface area contributed by atoms with Crippen LogP contribution in [0.2, 0.25) is 5.02 Å². The highest BCUT2D eigenvalue weighted by Gasteiger charge is 2.09. The van der Waals surface area contributed by atoms with Crippen molar-refractivity contribution in [3.63, 3.8) is 0 Å². The van der Waals surface area contributed by atoms with E-state index in [1.807, 2.05) is 31.2 Å². The molecule has 3 rings (SSSR count). The Bertz CT molecular complexity index is 966. The van der Waals surface area contributed by atoms with E-state index in [-0.39, 0.29) is 18.0 Å². The van der Waals surface area contributed by atoms with E-state index in [2.05, 4.69) is 10.3 Å². The molecule has 0 saturated heterocycles. The van der Waals surface area contributed by atoms with E-state index in [0.717, 1.165) is 11.1 Å². The Morgan fingerprint density at radius 3 is 2.83 bits per heavy atom. The SMILES string of the molecule is Cc1ccccc1CNC(=O)Cn1cnc2ccc(Cl)cc2c1=O. The van der Waals surface area contributed by atoms with Crippen molar-refractivity contribution in [1.29, 1.82) is 0 Å². The minimum atomic E-state index is -0.284. The maximum Gasteiger partial charge on any atom is 0.261 e. The van der Waals surface area contributed by atoms with Gasteiger partial charge in [0, 0.05) is 11.6 Å². The van der Waals surface area contributed by atoms with Crippen molar-refractivity contribution in [1.82, 2.24) is 14.9 Å². The summed E-state index contributed by atoms with van der Waals surface area (Å²) < 4.78 is 1.28. The standard InChI is InChI=1S/C18H16ClN3O2/c1-12-4-2-3-5-13(12)9-20-17(23)10-22-11-21-16-7-6-14(19)8-15(16)18(22)24/h2-8,11H,9-10H2,1H3,(H,20,23). The fraction of sp³-hybridized carbons (Fsp3) is 0.167. The first-order valence-corrected chi connectivity index (χ1v) is 7.88. The lowest BCUT2D eigenvalue weighted by Crippen LogP contribution is -2.32. The van der Waals surface area contributed by atoms with Gasteiger partial charge in [-0.3, -0.25) is 14.2 Å². The first-order chi connectivity index (χ1) is 11.5. The van der Waals surface area contributed by atoms with E-state index in [1.165, 1.54) is 10.9 Å². The summed E-state index contributed by atoms with van der Waals surface area (Å²) in [4.78, 5) is 28.7. The zero-order chi connectivity index (χ0) is 17.1. The van der Waals surface area contributed by atoms with Gasteiger partial charge in [0.2, 0.25) is 5.91 Å². The molecule has 0 spiro atoms. The zero-order valence-electron chi connectivity index (χ0n) is 13.1. The van der Waals surface area contributed by atoms with Crippen molar-refractivity contribution in [3.05, 3.63) is 75.3 Å². The number of halogens is 1. The molecule has 1 heterocycles. The number of hydrogen-bond acceptors (Lipinski definition) is 3. The van der Waals surface area contributed by atoms with Gasteiger partial charge in [-0.15, -0.1) is 0 Å². The molecule has 0 aliphatic rings. The number of nitrogens with one attached hydrogen (secondary N) is 1. The maximum absolute atomic E-state index is 12.4. The van der Waals surface area contributed by atoms with Crippen LogP contribution in [0.1, 0.15) is 11.1 Å². The molecule has 1 N–H and O–H groups in total. The summed E-state index contributed by atoms with van der Waals surface area (Å²) in [6.07, 6.45) is 1.38. The highest BCUT2D eigenvalue weighted by Crippen LogP contribution is 2.14. The quantitative estimate of drug-likeness (QED) is 0.793. The number of rotatable bonds is 4. The summed E-state index contributed by atoms with van der Waals surface area (Å²) in [5.74, 6) is -0.247. The normalized spacial score (nSPS) is 10.8. The molecule has 0 atom stereocenters. The van der Waals surface area contributed by atoms with Crippen LogP contribution >= 0.6 is 11.6 Å². The molecule has 2 aromatic carbocycles. The second-order valence-electron chi connectivity index (χ2n) is 5.54. The van der Waals surface area contributed by atoms with Gasteiger partial charge in [-0.2, -0.15) is 0 Å². The molecule has 0 saturated carbocycles. The van der Waals surface area contributed by atoms with E-state index in [0.29, 0.717) is 22.5 Å². The van der Waals surface area contributed by atoms with E-state index in [1.54, 1.807) is 18.2 Å². The number of aromatic nitrogens is 2. The first-order valence-electron chi connectivity index (χ1n) is 7.50. The predicted octanol–water partition coefficient (Wildman–Crippen LogP) is 2.67. The Morgan fingerprint density at radius 2 is 2.04 bits per heavy atom. The zero-order valence-corrected chi connectivity index (χ0v) is 13.9. The molecule has 0 radical (unpaired) electrons. The summed E-state index contributed by atoms with van der Waals surface area (Å²) >= 11 is 5.93. The molecular weight excluding hydrogens is 326 g/mol. The van der Waals surface area contributed by atoms with Crippen LogP contribution < -0.4 is 10.9 Å². The lowest BCUT2D eigenvalue weighted by Gasteiger charge is -2.09. The third-order valence-electron chi connectivity index (χ3n) is 3.84. The second kappa shape index (κ2) is 6.84. The van der Waals surface area contributed by atoms with Gasteiger partial charge >= 0.3 is 0 Å². The van der Waals surface area contributed by atoms with Crippen molar-refractivity contribution in [2.24, 2.45) is 0 Å². The number of aryl methyl sites for hydroxylation is 1. The number of carbonyl (C=O) groups is 1. The van der Waals surface area contributed by atoms with Crippen LogP contribution in [-0.2, 0) is 17.9 Å². The molecule has 6 heteroatoms. The maximum atomic E-state index is 12.4. The molecule has 24 heavy (non-hydrogen) atoms. The van der Waals surface area contributed by atoms with Gasteiger partial charge in [0.25, 0.3) is 5.56 Å². The van der Waals surface area contributed by atoms with E-state index < -0.39 is 0 Å². The van der Waals surface area contributed by atoms with E-state index >= 15 is 0 Å². The van der Waals surface area contributed by atoms with Gasteiger partial charge in [0.05, 0.1) is 17.2 Å². The molecule has 0 bridgehead atoms. The van der Waals surface area contributed by atoms with E-state index in [4.69, 9.17) is 11.6 Å². The number of benzene rings is 2. The molecule has 0 fully saturated rings. The van der Waals surface area contributed by atoms with Crippen LogP contribution in [-0.4, -0.2) is 15.5 Å². The number of nitrogens with zero attached hydrogens (tertiary/aromatic N) is 2. The molecule has 5 nitrogen and oxygen atoms in total. The van der Waals surface area contributed by atoms with Crippen LogP contribution in [0, 0.1) is 6.92 Å². The highest BCUT2D eigenvalue weighted by molar-refractivity contribution is 6.31. The number of amides is 1. The van der Waals surface area contributed by atoms with E-state index in [9.17, 15) is 9.59 Å². The fourth-order valence-corrected chi connectivity index (χ4v) is 2.63. The summed E-state index contributed by atoms with van der Waals surface area (Å²) in [7, 11) is 0. The molecule has 122 valence electrons. The van der Waals surface area contributed by atoms with Crippen molar-refractivity contribution in [2.75, 3.05) is 0 Å². The van der Waals surface area contributed by atoms with Crippen LogP contribution in [0.3, 0.4) is 0 Å². The van der Waals surface area contributed by atoms with Crippen molar-refractivity contribution >= 4 is 28.4 Å². The predicted molar refractivity (Wildman–Crippen MR) is 94.0 cm³/mol. The molecule has 3 aromatic rings. The average molecular weight is 342 g/mol. The third kappa shape index (κ3) is 3.46. The Kier molecular flexibility index (Phi) is 4.62. The largest absolute Gasteiger partial charge is 0.350 e. The van der Waals surface area contributed by atoms with Crippen molar-refractivity contribution in [3.8, 4) is 0 Å². The van der Waals surface area contributed by atoms with Gasteiger partial charge in [-0.05, 0) is 36.2 Å². The van der Waals surface area contributed by atoms with Gasteiger partial charge in [-0.25, -0.2) is 4.98 Å². The highest BCUT2D eigenvalue weighted by atomic mass is 35.5. The van der Waals surface area contributed by atoms with Crippen molar-refractivity contribution in [2.45, 2.75) is 20.0 Å². The molecule has 0 unspecified atom stereocenters. The minimum absolute atomic E-state index is 0.0832. The number of fused-ring (bicyclic) bond motifs is 1. The van der Waals surface area contributed by atoms with Crippen molar-refractivity contribution < 1.29 is 4.79 Å². The summed E-state index contributed by atoms with van der Waals surface area (Å²) in [6.45, 7) is 2.33. The molecule has 1 aromatic heterocycles. The lowest BCUT2D eigenvalue weighted by atomic mass is 10.1. The minimum Gasteiger partial charge on any atom is -0.350 e. The Labute approximate surface area is 143 Å². The monoisotopic (exact) mass is 341 g/mol. The summed E-state index contributed by atoms with van der Waals surface area (Å²) in [6, 6.07) is 12.7. The Morgan fingerprint density at radius 1 is 1.25 bits per heavy atom. The number of hydrogen-bond donors (Lipinski definition) is 1. The smallest absolute Gasteiger partial charge is 0.261 e. The lowest BCUT2D eigenvalue weighted by molar-refractivity contribution is -0.121. The van der Waals surface area contributed by atoms with Gasteiger partial charge in [-0.1, -0.05) is 35.9 Å². The van der Waals surface area contributed by atoms with Crippen LogP contribution in [0.4, 0.5) is 0 Å². The average Bonchev–Trinajstić information content (AvgIpc) is 2.57. The topological polar surface area (TPSA) is 64.0 Å². The molecule has 1 amide bonds. The van der Waals surface area contributed by atoms with Gasteiger partial charge < -0.3 is 5.32 Å². The summed E-state index contributed by atoms with van der Waals surface area (Å²) in [5.41, 5.74) is 2.42. The Hall–Kier alpha value is -2.66. The van der Waals surface area contributed by atoms with Crippen LogP contribution in [0.5, 0.6) is 0 Å². The number of carbonyl (C=O) groups excluding carboxylic acids is 1. The summed E-state index contributed by atoms with van der Waals surface area (Å²) in [5, 5.41) is 3.68. The van der Waals surface area contributed by atoms with Gasteiger partial charge in [0.1, 0.15) is 6.54 Å². The fourth-order valence-electron chi connectivity index (χ4n) is 2.46. The van der Waals surface area contributed by atoms with Crippen LogP contribution in [0.25, 0.3) is 10.9 Å². The first kappa shape index (κ1) is 16.2.